The van der Waals surface area contributed by atoms with E-state index in [9.17, 15) is 9.59 Å². The Balaban J connectivity index is 1.47. The molecule has 0 saturated carbocycles. The van der Waals surface area contributed by atoms with Crippen LogP contribution in [0.15, 0.2) is 59.5 Å². The molecule has 0 aliphatic heterocycles. The lowest BCUT2D eigenvalue weighted by molar-refractivity contribution is -0.121. The number of aryl methyl sites for hydroxylation is 1. The molecule has 3 rings (SSSR count). The summed E-state index contributed by atoms with van der Waals surface area (Å²) >= 11 is 0. The van der Waals surface area contributed by atoms with E-state index >= 15 is 0 Å². The van der Waals surface area contributed by atoms with Gasteiger partial charge in [0.15, 0.2) is 5.76 Å². The minimum atomic E-state index is -0.508. The summed E-state index contributed by atoms with van der Waals surface area (Å²) in [6, 6.07) is 11.1. The van der Waals surface area contributed by atoms with Gasteiger partial charge in [-0.2, -0.15) is 0 Å². The van der Waals surface area contributed by atoms with Crippen LogP contribution >= 0.6 is 0 Å². The molecule has 2 aromatic heterocycles. The Hall–Kier alpha value is -3.39. The maximum absolute atomic E-state index is 11.9. The van der Waals surface area contributed by atoms with Crippen molar-refractivity contribution in [2.75, 3.05) is 6.54 Å². The highest BCUT2D eigenvalue weighted by atomic mass is 16.3. The number of carbonyl (C=O) groups is 2. The van der Waals surface area contributed by atoms with E-state index in [-0.39, 0.29) is 24.3 Å². The topological polar surface area (TPSA) is 101 Å². The summed E-state index contributed by atoms with van der Waals surface area (Å²) < 4.78 is 6.94. The van der Waals surface area contributed by atoms with Gasteiger partial charge in [-0.1, -0.05) is 12.1 Å². The zero-order valence-corrected chi connectivity index (χ0v) is 15.1. The van der Waals surface area contributed by atoms with Crippen molar-refractivity contribution in [3.63, 3.8) is 0 Å². The minimum absolute atomic E-state index is 0.0329. The molecule has 0 fully saturated rings. The van der Waals surface area contributed by atoms with Gasteiger partial charge in [-0.25, -0.2) is 4.98 Å². The first-order valence-electron chi connectivity index (χ1n) is 8.51. The summed E-state index contributed by atoms with van der Waals surface area (Å²) in [4.78, 5) is 27.8. The van der Waals surface area contributed by atoms with Crippen LogP contribution < -0.4 is 16.2 Å². The molecule has 2 amide bonds. The molecule has 0 radical (unpaired) electrons. The fourth-order valence-electron chi connectivity index (χ4n) is 2.58. The van der Waals surface area contributed by atoms with Crippen molar-refractivity contribution < 1.29 is 14.0 Å². The first-order valence-corrected chi connectivity index (χ1v) is 8.51. The Bertz CT molecular complexity index is 900. The van der Waals surface area contributed by atoms with Crippen molar-refractivity contribution in [2.45, 2.75) is 19.9 Å². The predicted molar refractivity (Wildman–Crippen MR) is 99.0 cm³/mol. The molecule has 0 saturated heterocycles. The Kier molecular flexibility index (Phi) is 5.68. The number of imidazole rings is 1. The van der Waals surface area contributed by atoms with Crippen molar-refractivity contribution >= 4 is 11.8 Å². The van der Waals surface area contributed by atoms with Crippen molar-refractivity contribution in [3.05, 3.63) is 72.2 Å². The molecule has 0 bridgehead atoms. The Morgan fingerprint density at radius 2 is 1.96 bits per heavy atom. The SMILES string of the molecule is Cc1nccn1-c1ccc(C(C)NCC(=O)NNC(=O)c2ccco2)cc1. The molecule has 1 unspecified atom stereocenters. The van der Waals surface area contributed by atoms with Crippen LogP contribution in [-0.4, -0.2) is 27.9 Å². The second-order valence-corrected chi connectivity index (χ2v) is 6.02. The number of nitrogens with zero attached hydrogens (tertiary/aromatic N) is 2. The van der Waals surface area contributed by atoms with Crippen LogP contribution in [0.4, 0.5) is 0 Å². The van der Waals surface area contributed by atoms with E-state index in [0.717, 1.165) is 17.1 Å². The summed E-state index contributed by atoms with van der Waals surface area (Å²) in [6.45, 7) is 3.97. The number of benzene rings is 1. The molecule has 27 heavy (non-hydrogen) atoms. The molecule has 1 aromatic carbocycles. The summed E-state index contributed by atoms with van der Waals surface area (Å²) in [6.07, 6.45) is 5.06. The van der Waals surface area contributed by atoms with E-state index in [4.69, 9.17) is 4.42 Å². The van der Waals surface area contributed by atoms with E-state index in [1.165, 1.54) is 12.3 Å². The van der Waals surface area contributed by atoms with Crippen LogP contribution in [0.1, 0.15) is 34.9 Å². The van der Waals surface area contributed by atoms with Crippen molar-refractivity contribution in [3.8, 4) is 5.69 Å². The number of aromatic nitrogens is 2. The fraction of sp³-hybridized carbons (Fsp3) is 0.211. The Morgan fingerprint density at radius 3 is 2.59 bits per heavy atom. The van der Waals surface area contributed by atoms with Gasteiger partial charge >= 0.3 is 5.91 Å². The third-order valence-electron chi connectivity index (χ3n) is 4.13. The second-order valence-electron chi connectivity index (χ2n) is 6.02. The lowest BCUT2D eigenvalue weighted by Crippen LogP contribution is -2.45. The third kappa shape index (κ3) is 4.62. The normalized spacial score (nSPS) is 11.8. The Morgan fingerprint density at radius 1 is 1.19 bits per heavy atom. The summed E-state index contributed by atoms with van der Waals surface area (Å²) in [7, 11) is 0. The molecular formula is C19H21N5O3. The lowest BCUT2D eigenvalue weighted by atomic mass is 10.1. The van der Waals surface area contributed by atoms with E-state index < -0.39 is 5.91 Å². The molecular weight excluding hydrogens is 346 g/mol. The molecule has 1 atom stereocenters. The number of furan rings is 1. The highest BCUT2D eigenvalue weighted by molar-refractivity contribution is 5.93. The molecule has 0 aliphatic rings. The van der Waals surface area contributed by atoms with Crippen molar-refractivity contribution in [2.24, 2.45) is 0 Å². The largest absolute Gasteiger partial charge is 0.459 e. The van der Waals surface area contributed by atoms with E-state index in [1.807, 2.05) is 48.9 Å². The second kappa shape index (κ2) is 8.33. The molecule has 3 aromatic rings. The van der Waals surface area contributed by atoms with Crippen LogP contribution in [0.3, 0.4) is 0 Å². The molecule has 0 aliphatic carbocycles. The maximum Gasteiger partial charge on any atom is 0.305 e. The van der Waals surface area contributed by atoms with Crippen LogP contribution in [0.5, 0.6) is 0 Å². The van der Waals surface area contributed by atoms with E-state index in [2.05, 4.69) is 21.2 Å². The minimum Gasteiger partial charge on any atom is -0.459 e. The number of carbonyl (C=O) groups excluding carboxylic acids is 2. The summed E-state index contributed by atoms with van der Waals surface area (Å²) in [5, 5.41) is 3.12. The Labute approximate surface area is 156 Å². The van der Waals surface area contributed by atoms with Gasteiger partial charge in [-0.3, -0.25) is 20.4 Å². The fourth-order valence-corrected chi connectivity index (χ4v) is 2.58. The first-order chi connectivity index (χ1) is 13.0. The molecule has 0 spiro atoms. The quantitative estimate of drug-likeness (QED) is 0.578. The summed E-state index contributed by atoms with van der Waals surface area (Å²) in [5.74, 6) is 0.186. The van der Waals surface area contributed by atoms with Gasteiger partial charge in [0.05, 0.1) is 12.8 Å². The number of hydrogen-bond acceptors (Lipinski definition) is 5. The van der Waals surface area contributed by atoms with Gasteiger partial charge in [0.2, 0.25) is 0 Å². The highest BCUT2D eigenvalue weighted by Crippen LogP contribution is 2.16. The highest BCUT2D eigenvalue weighted by Gasteiger charge is 2.11. The van der Waals surface area contributed by atoms with Crippen LogP contribution in [0, 0.1) is 6.92 Å². The molecule has 8 heteroatoms. The van der Waals surface area contributed by atoms with E-state index in [1.54, 1.807) is 12.3 Å². The van der Waals surface area contributed by atoms with Gasteiger partial charge < -0.3 is 14.3 Å². The van der Waals surface area contributed by atoms with Gasteiger partial charge in [-0.05, 0) is 43.7 Å². The standard InChI is InChI=1S/C19H21N5O3/c1-13(15-5-7-16(8-6-15)24-10-9-20-14(24)2)21-12-18(25)22-23-19(26)17-4-3-11-27-17/h3-11,13,21H,12H2,1-2H3,(H,22,25)(H,23,26). The number of hydrogen-bond donors (Lipinski definition) is 3. The maximum atomic E-state index is 11.9. The predicted octanol–water partition coefficient (Wildman–Crippen LogP) is 1.89. The van der Waals surface area contributed by atoms with Crippen molar-refractivity contribution in [1.29, 1.82) is 0 Å². The monoisotopic (exact) mass is 367 g/mol. The number of hydrazine groups is 1. The molecule has 8 nitrogen and oxygen atoms in total. The zero-order chi connectivity index (χ0) is 19.2. The average molecular weight is 367 g/mol. The van der Waals surface area contributed by atoms with Crippen LogP contribution in [0.25, 0.3) is 5.69 Å². The van der Waals surface area contributed by atoms with Crippen LogP contribution in [0.2, 0.25) is 0 Å². The van der Waals surface area contributed by atoms with Crippen molar-refractivity contribution in [1.82, 2.24) is 25.7 Å². The third-order valence-corrected chi connectivity index (χ3v) is 4.13. The lowest BCUT2D eigenvalue weighted by Gasteiger charge is -2.15. The zero-order valence-electron chi connectivity index (χ0n) is 15.1. The van der Waals surface area contributed by atoms with Gasteiger partial charge in [0, 0.05) is 24.1 Å². The van der Waals surface area contributed by atoms with Gasteiger partial charge in [-0.15, -0.1) is 0 Å². The van der Waals surface area contributed by atoms with Crippen LogP contribution in [-0.2, 0) is 4.79 Å². The van der Waals surface area contributed by atoms with Gasteiger partial charge in [0.1, 0.15) is 5.82 Å². The number of rotatable bonds is 6. The molecule has 3 N–H and O–H groups in total. The smallest absolute Gasteiger partial charge is 0.305 e. The number of amides is 2. The number of nitrogens with one attached hydrogen (secondary N) is 3. The van der Waals surface area contributed by atoms with E-state index in [0.29, 0.717) is 0 Å². The first kappa shape index (κ1) is 18.4. The molecule has 140 valence electrons. The molecule has 2 heterocycles. The summed E-state index contributed by atoms with van der Waals surface area (Å²) in [5.41, 5.74) is 6.71. The average Bonchev–Trinajstić information content (AvgIpc) is 3.36. The van der Waals surface area contributed by atoms with Gasteiger partial charge in [0.25, 0.3) is 5.91 Å².